The number of hydrogen-bond acceptors (Lipinski definition) is 3. The van der Waals surface area contributed by atoms with Crippen LogP contribution in [0.5, 0.6) is 0 Å². The normalized spacial score (nSPS) is 12.4. The van der Waals surface area contributed by atoms with Crippen molar-refractivity contribution >= 4 is 11.6 Å². The molecule has 2 N–H and O–H groups in total. The fourth-order valence-corrected chi connectivity index (χ4v) is 1.64. The van der Waals surface area contributed by atoms with Gasteiger partial charge in [0.05, 0.1) is 0 Å². The predicted octanol–water partition coefficient (Wildman–Crippen LogP) is 3.04. The molecule has 4 heteroatoms. The Hall–Kier alpha value is -2.28. The van der Waals surface area contributed by atoms with Crippen molar-refractivity contribution < 1.29 is 4.79 Å². The van der Waals surface area contributed by atoms with Gasteiger partial charge < -0.3 is 10.6 Å². The molecule has 1 aromatic rings. The minimum Gasteiger partial charge on any atom is -0.387 e. The van der Waals surface area contributed by atoms with Crippen molar-refractivity contribution in [1.82, 2.24) is 5.32 Å². The minimum absolute atomic E-state index is 0.0743. The van der Waals surface area contributed by atoms with Crippen molar-refractivity contribution in [3.63, 3.8) is 0 Å². The topological polar surface area (TPSA) is 64.9 Å². The van der Waals surface area contributed by atoms with Crippen LogP contribution in [0.3, 0.4) is 0 Å². The highest BCUT2D eigenvalue weighted by Gasteiger charge is 2.10. The summed E-state index contributed by atoms with van der Waals surface area (Å²) in [5.74, 6) is -0.393. The van der Waals surface area contributed by atoms with Gasteiger partial charge in [-0.25, -0.2) is 0 Å². The Morgan fingerprint density at radius 2 is 2.15 bits per heavy atom. The summed E-state index contributed by atoms with van der Waals surface area (Å²) in [6.07, 6.45) is 2.40. The van der Waals surface area contributed by atoms with E-state index in [4.69, 9.17) is 5.26 Å². The molecule has 1 unspecified atom stereocenters. The second-order valence-electron chi connectivity index (χ2n) is 4.92. The Labute approximate surface area is 120 Å². The fourth-order valence-electron chi connectivity index (χ4n) is 1.64. The van der Waals surface area contributed by atoms with E-state index in [0.29, 0.717) is 0 Å². The molecule has 0 aliphatic heterocycles. The molecule has 0 saturated heterocycles. The van der Waals surface area contributed by atoms with E-state index < -0.39 is 5.91 Å². The monoisotopic (exact) mass is 271 g/mol. The first-order chi connectivity index (χ1) is 9.47. The number of nitrogens with zero attached hydrogens (tertiary/aromatic N) is 1. The zero-order valence-electron chi connectivity index (χ0n) is 12.4. The van der Waals surface area contributed by atoms with Gasteiger partial charge in [0.25, 0.3) is 5.91 Å². The van der Waals surface area contributed by atoms with Crippen molar-refractivity contribution in [3.05, 3.63) is 41.1 Å². The number of hydrogen-bond donors (Lipinski definition) is 2. The van der Waals surface area contributed by atoms with Gasteiger partial charge in [0.1, 0.15) is 11.6 Å². The Kier molecular flexibility index (Phi) is 5.79. The molecule has 0 spiro atoms. The molecule has 20 heavy (non-hydrogen) atoms. The second kappa shape index (κ2) is 7.34. The van der Waals surface area contributed by atoms with Crippen LogP contribution >= 0.6 is 0 Å². The number of carbonyl (C=O) groups is 1. The van der Waals surface area contributed by atoms with Gasteiger partial charge >= 0.3 is 0 Å². The third kappa shape index (κ3) is 4.43. The lowest BCUT2D eigenvalue weighted by Gasteiger charge is -2.10. The average Bonchev–Trinajstić information content (AvgIpc) is 2.42. The molecule has 0 saturated carbocycles. The molecular weight excluding hydrogens is 250 g/mol. The SMILES string of the molecule is CCC(C)N/C=C(/C#N)C(=O)Nc1ccc(C)cc1C. The quantitative estimate of drug-likeness (QED) is 0.639. The molecular formula is C16H21N3O. The molecule has 0 fully saturated rings. The average molecular weight is 271 g/mol. The Balaban J connectivity index is 2.80. The maximum Gasteiger partial charge on any atom is 0.267 e. The van der Waals surface area contributed by atoms with Gasteiger partial charge in [-0.05, 0) is 38.8 Å². The molecule has 4 nitrogen and oxygen atoms in total. The third-order valence-corrected chi connectivity index (χ3v) is 3.12. The van der Waals surface area contributed by atoms with Gasteiger partial charge in [0.2, 0.25) is 0 Å². The summed E-state index contributed by atoms with van der Waals surface area (Å²) in [4.78, 5) is 12.0. The van der Waals surface area contributed by atoms with Crippen LogP contribution in [0.2, 0.25) is 0 Å². The largest absolute Gasteiger partial charge is 0.387 e. The van der Waals surface area contributed by atoms with Crippen LogP contribution in [0, 0.1) is 25.2 Å². The van der Waals surface area contributed by atoms with E-state index in [1.165, 1.54) is 6.20 Å². The predicted molar refractivity (Wildman–Crippen MR) is 81.1 cm³/mol. The van der Waals surface area contributed by atoms with E-state index in [2.05, 4.69) is 10.6 Å². The molecule has 0 heterocycles. The van der Waals surface area contributed by atoms with Crippen molar-refractivity contribution in [3.8, 4) is 6.07 Å². The van der Waals surface area contributed by atoms with Crippen molar-refractivity contribution in [2.45, 2.75) is 40.2 Å². The number of carbonyl (C=O) groups excluding carboxylic acids is 1. The van der Waals surface area contributed by atoms with Crippen molar-refractivity contribution in [2.24, 2.45) is 0 Å². The lowest BCUT2D eigenvalue weighted by atomic mass is 10.1. The second-order valence-corrected chi connectivity index (χ2v) is 4.92. The number of amides is 1. The molecule has 1 atom stereocenters. The van der Waals surface area contributed by atoms with E-state index in [9.17, 15) is 4.79 Å². The van der Waals surface area contributed by atoms with Gasteiger partial charge in [-0.1, -0.05) is 24.6 Å². The van der Waals surface area contributed by atoms with E-state index in [-0.39, 0.29) is 11.6 Å². The van der Waals surface area contributed by atoms with E-state index >= 15 is 0 Å². The van der Waals surface area contributed by atoms with Gasteiger partial charge in [0, 0.05) is 17.9 Å². The van der Waals surface area contributed by atoms with Crippen LogP contribution in [0.1, 0.15) is 31.4 Å². The maximum absolute atomic E-state index is 12.0. The standard InChI is InChI=1S/C16H21N3O/c1-5-13(4)18-10-14(9-17)16(20)19-15-7-6-11(2)8-12(15)3/h6-8,10,13,18H,5H2,1-4H3,(H,19,20)/b14-10-. The number of nitrogens with one attached hydrogen (secondary N) is 2. The van der Waals surface area contributed by atoms with E-state index in [1.807, 2.05) is 52.0 Å². The summed E-state index contributed by atoms with van der Waals surface area (Å²) in [6.45, 7) is 7.95. The Morgan fingerprint density at radius 1 is 1.45 bits per heavy atom. The third-order valence-electron chi connectivity index (χ3n) is 3.12. The Bertz CT molecular complexity index is 555. The highest BCUT2D eigenvalue weighted by Crippen LogP contribution is 2.16. The molecule has 1 amide bonds. The van der Waals surface area contributed by atoms with Crippen LogP contribution in [0.25, 0.3) is 0 Å². The highest BCUT2D eigenvalue weighted by atomic mass is 16.1. The van der Waals surface area contributed by atoms with Crippen LogP contribution < -0.4 is 10.6 Å². The number of aryl methyl sites for hydroxylation is 2. The van der Waals surface area contributed by atoms with Crippen LogP contribution in [-0.2, 0) is 4.79 Å². The zero-order chi connectivity index (χ0) is 15.1. The molecule has 106 valence electrons. The van der Waals surface area contributed by atoms with E-state index in [1.54, 1.807) is 0 Å². The molecule has 1 aromatic carbocycles. The molecule has 0 bridgehead atoms. The van der Waals surface area contributed by atoms with Crippen LogP contribution in [-0.4, -0.2) is 11.9 Å². The lowest BCUT2D eigenvalue weighted by Crippen LogP contribution is -2.22. The van der Waals surface area contributed by atoms with Crippen molar-refractivity contribution in [1.29, 1.82) is 5.26 Å². The number of nitriles is 1. The molecule has 1 rings (SSSR count). The van der Waals surface area contributed by atoms with Gasteiger partial charge in [-0.2, -0.15) is 5.26 Å². The zero-order valence-corrected chi connectivity index (χ0v) is 12.4. The van der Waals surface area contributed by atoms with Crippen LogP contribution in [0.4, 0.5) is 5.69 Å². The van der Waals surface area contributed by atoms with Gasteiger partial charge in [0.15, 0.2) is 0 Å². The Morgan fingerprint density at radius 3 is 2.70 bits per heavy atom. The van der Waals surface area contributed by atoms with Gasteiger partial charge in [-0.15, -0.1) is 0 Å². The lowest BCUT2D eigenvalue weighted by molar-refractivity contribution is -0.112. The molecule has 0 aliphatic rings. The van der Waals surface area contributed by atoms with Crippen LogP contribution in [0.15, 0.2) is 30.0 Å². The first-order valence-electron chi connectivity index (χ1n) is 6.72. The summed E-state index contributed by atoms with van der Waals surface area (Å²) in [5.41, 5.74) is 2.91. The number of benzene rings is 1. The summed E-state index contributed by atoms with van der Waals surface area (Å²) >= 11 is 0. The summed E-state index contributed by atoms with van der Waals surface area (Å²) in [7, 11) is 0. The van der Waals surface area contributed by atoms with Crippen molar-refractivity contribution in [2.75, 3.05) is 5.32 Å². The fraction of sp³-hybridized carbons (Fsp3) is 0.375. The molecule has 0 radical (unpaired) electrons. The van der Waals surface area contributed by atoms with Gasteiger partial charge in [-0.3, -0.25) is 4.79 Å². The van der Waals surface area contributed by atoms with E-state index in [0.717, 1.165) is 23.2 Å². The summed E-state index contributed by atoms with van der Waals surface area (Å²) in [5, 5.41) is 14.8. The number of rotatable bonds is 5. The molecule has 0 aliphatic carbocycles. The molecule has 0 aromatic heterocycles. The summed E-state index contributed by atoms with van der Waals surface area (Å²) < 4.78 is 0. The summed E-state index contributed by atoms with van der Waals surface area (Å²) in [6, 6.07) is 7.91. The maximum atomic E-state index is 12.0. The smallest absolute Gasteiger partial charge is 0.267 e. The minimum atomic E-state index is -0.393. The number of anilines is 1. The highest BCUT2D eigenvalue weighted by molar-refractivity contribution is 6.06. The first kappa shape index (κ1) is 15.8. The first-order valence-corrected chi connectivity index (χ1v) is 6.72.